The van der Waals surface area contributed by atoms with E-state index >= 15 is 0 Å². The van der Waals surface area contributed by atoms with Crippen molar-refractivity contribution in [1.82, 2.24) is 10.1 Å². The molecule has 0 spiro atoms. The van der Waals surface area contributed by atoms with Gasteiger partial charge in [-0.2, -0.15) is 18.2 Å². The SMILES string of the molecule is CC(C)(F)c1nc(C23CCC(CN(C(=O)CC4CC(O)(C(F)(F)F)C4)c4cccc(B5OC(C)(C)C(C)(C)O5)c4)(CC2)CC3)no1. The summed E-state index contributed by atoms with van der Waals surface area (Å²) >= 11 is 0. The van der Waals surface area contributed by atoms with E-state index in [1.807, 2.05) is 52.0 Å². The van der Waals surface area contributed by atoms with Crippen molar-refractivity contribution in [3.8, 4) is 0 Å². The Morgan fingerprint density at radius 3 is 2.11 bits per heavy atom. The summed E-state index contributed by atoms with van der Waals surface area (Å²) in [4.78, 5) is 20.2. The number of aliphatic hydroxyl groups is 1. The number of aromatic nitrogens is 2. The quantitative estimate of drug-likeness (QED) is 0.265. The Labute approximate surface area is 267 Å². The van der Waals surface area contributed by atoms with Crippen LogP contribution in [0, 0.1) is 11.3 Å². The number of carbonyl (C=O) groups is 1. The van der Waals surface area contributed by atoms with E-state index in [9.17, 15) is 27.5 Å². The zero-order valence-corrected chi connectivity index (χ0v) is 27.5. The van der Waals surface area contributed by atoms with Crippen LogP contribution in [0.2, 0.25) is 0 Å². The molecule has 1 aromatic heterocycles. The lowest BCUT2D eigenvalue weighted by Crippen LogP contribution is -2.56. The monoisotopic (exact) mass is 649 g/mol. The maximum absolute atomic E-state index is 14.5. The molecule has 252 valence electrons. The molecule has 4 aliphatic carbocycles. The van der Waals surface area contributed by atoms with E-state index in [4.69, 9.17) is 13.8 Å². The first-order valence-corrected chi connectivity index (χ1v) is 16.3. The molecular weight excluding hydrogens is 605 g/mol. The first-order chi connectivity index (χ1) is 21.2. The molecule has 0 atom stereocenters. The molecular formula is C33H44BF4N3O5. The van der Waals surface area contributed by atoms with Crippen LogP contribution in [0.5, 0.6) is 0 Å². The van der Waals surface area contributed by atoms with Crippen LogP contribution in [0.4, 0.5) is 23.2 Å². The van der Waals surface area contributed by atoms with Crippen LogP contribution in [0.1, 0.15) is 111 Å². The average molecular weight is 650 g/mol. The summed E-state index contributed by atoms with van der Waals surface area (Å²) in [5.74, 6) is -0.342. The summed E-state index contributed by atoms with van der Waals surface area (Å²) in [5, 5.41) is 14.2. The molecule has 13 heteroatoms. The van der Waals surface area contributed by atoms with Gasteiger partial charge < -0.3 is 23.8 Å². The van der Waals surface area contributed by atoms with Crippen molar-refractivity contribution < 1.29 is 41.3 Å². The standard InChI is InChI=1S/C33H44BF4N3O5/c1-27(2,35)26-39-25(40-44-26)31-13-10-30(11-14-31,12-15-31)20-41(24(42)16-21-18-32(43,19-21)33(36,37)38)23-9-7-8-22(17-23)34-45-28(3,4)29(5,6)46-34/h7-9,17,21,43H,10-16,18-20H2,1-6H3. The van der Waals surface area contributed by atoms with Gasteiger partial charge in [0.1, 0.15) is 0 Å². The summed E-state index contributed by atoms with van der Waals surface area (Å²) in [5.41, 5.74) is -4.73. The summed E-state index contributed by atoms with van der Waals surface area (Å²) < 4.78 is 72.3. The molecule has 7 rings (SSSR count). The average Bonchev–Trinajstić information content (AvgIpc) is 3.54. The number of alkyl halides is 4. The van der Waals surface area contributed by atoms with Crippen molar-refractivity contribution in [2.24, 2.45) is 11.3 Å². The lowest BCUT2D eigenvalue weighted by atomic mass is 9.53. The molecule has 1 aromatic carbocycles. The molecule has 1 amide bonds. The van der Waals surface area contributed by atoms with Gasteiger partial charge in [0, 0.05) is 24.1 Å². The first kappa shape index (κ1) is 33.4. The molecule has 8 nitrogen and oxygen atoms in total. The van der Waals surface area contributed by atoms with E-state index in [-0.39, 0.29) is 29.0 Å². The Balaban J connectivity index is 1.23. The molecule has 1 N–H and O–H groups in total. The number of fused-ring (bicyclic) bond motifs is 3. The Morgan fingerprint density at radius 1 is 1.00 bits per heavy atom. The predicted octanol–water partition coefficient (Wildman–Crippen LogP) is 6.29. The number of carbonyl (C=O) groups excluding carboxylic acids is 1. The smallest absolute Gasteiger partial charge is 0.399 e. The molecule has 1 saturated heterocycles. The zero-order valence-electron chi connectivity index (χ0n) is 27.5. The van der Waals surface area contributed by atoms with Crippen molar-refractivity contribution in [2.75, 3.05) is 11.4 Å². The van der Waals surface area contributed by atoms with Gasteiger partial charge in [-0.25, -0.2) is 4.39 Å². The van der Waals surface area contributed by atoms with Gasteiger partial charge in [-0.1, -0.05) is 17.3 Å². The van der Waals surface area contributed by atoms with Crippen LogP contribution in [0.3, 0.4) is 0 Å². The molecule has 5 aliphatic rings. The van der Waals surface area contributed by atoms with Crippen LogP contribution in [-0.2, 0) is 25.2 Å². The Bertz CT molecular complexity index is 1440. The Hall–Kier alpha value is -2.51. The van der Waals surface area contributed by atoms with Crippen LogP contribution < -0.4 is 10.4 Å². The van der Waals surface area contributed by atoms with Gasteiger partial charge in [-0.05, 0) is 122 Å². The number of benzene rings is 1. The van der Waals surface area contributed by atoms with E-state index in [0.29, 0.717) is 18.1 Å². The van der Waals surface area contributed by atoms with Gasteiger partial charge >= 0.3 is 13.3 Å². The summed E-state index contributed by atoms with van der Waals surface area (Å²) in [6.45, 7) is 11.0. The number of rotatable bonds is 8. The molecule has 0 radical (unpaired) electrons. The predicted molar refractivity (Wildman–Crippen MR) is 163 cm³/mol. The van der Waals surface area contributed by atoms with Crippen LogP contribution in [-0.4, -0.2) is 57.8 Å². The fraction of sp³-hybridized carbons (Fsp3) is 0.727. The molecule has 2 heterocycles. The summed E-state index contributed by atoms with van der Waals surface area (Å²) in [6, 6.07) is 7.44. The Morgan fingerprint density at radius 2 is 1.59 bits per heavy atom. The third-order valence-electron chi connectivity index (χ3n) is 11.6. The van der Waals surface area contributed by atoms with Gasteiger partial charge in [0.15, 0.2) is 17.1 Å². The number of halogens is 4. The second kappa shape index (κ2) is 10.8. The largest absolute Gasteiger partial charge is 0.494 e. The molecule has 1 aliphatic heterocycles. The highest BCUT2D eigenvalue weighted by Gasteiger charge is 2.61. The third-order valence-corrected chi connectivity index (χ3v) is 11.6. The van der Waals surface area contributed by atoms with Crippen molar-refractivity contribution in [3.63, 3.8) is 0 Å². The van der Waals surface area contributed by atoms with Gasteiger partial charge in [0.25, 0.3) is 5.89 Å². The Kier molecular flexibility index (Phi) is 7.81. The van der Waals surface area contributed by atoms with Crippen molar-refractivity contribution >= 4 is 24.2 Å². The highest BCUT2D eigenvalue weighted by molar-refractivity contribution is 6.62. The number of hydrogen-bond donors (Lipinski definition) is 1. The maximum Gasteiger partial charge on any atom is 0.494 e. The topological polar surface area (TPSA) is 97.9 Å². The van der Waals surface area contributed by atoms with E-state index in [2.05, 4.69) is 10.1 Å². The third kappa shape index (κ3) is 5.78. The molecule has 0 unspecified atom stereocenters. The van der Waals surface area contributed by atoms with Crippen LogP contribution >= 0.6 is 0 Å². The second-order valence-corrected chi connectivity index (χ2v) is 15.8. The van der Waals surface area contributed by atoms with E-state index in [1.54, 1.807) is 4.90 Å². The van der Waals surface area contributed by atoms with Gasteiger partial charge in [0.05, 0.1) is 11.2 Å². The van der Waals surface area contributed by atoms with Crippen LogP contribution in [0.15, 0.2) is 28.8 Å². The molecule has 2 aromatic rings. The second-order valence-electron chi connectivity index (χ2n) is 15.8. The normalized spacial score (nSPS) is 32.0. The molecule has 46 heavy (non-hydrogen) atoms. The van der Waals surface area contributed by atoms with Gasteiger partial charge in [0.2, 0.25) is 5.91 Å². The maximum atomic E-state index is 14.5. The number of hydrogen-bond acceptors (Lipinski definition) is 7. The minimum atomic E-state index is -4.72. The van der Waals surface area contributed by atoms with E-state index in [1.165, 1.54) is 13.8 Å². The lowest BCUT2D eigenvalue weighted by molar-refractivity contribution is -0.298. The highest BCUT2D eigenvalue weighted by atomic mass is 19.4. The van der Waals surface area contributed by atoms with Crippen molar-refractivity contribution in [3.05, 3.63) is 36.0 Å². The summed E-state index contributed by atoms with van der Waals surface area (Å²) in [6.07, 6.45) is -1.15. The molecule has 5 fully saturated rings. The fourth-order valence-corrected chi connectivity index (χ4v) is 7.62. The minimum Gasteiger partial charge on any atom is -0.399 e. The van der Waals surface area contributed by atoms with Crippen molar-refractivity contribution in [2.45, 2.75) is 133 Å². The summed E-state index contributed by atoms with van der Waals surface area (Å²) in [7, 11) is -0.646. The minimum absolute atomic E-state index is 0.0358. The van der Waals surface area contributed by atoms with E-state index in [0.717, 1.165) is 44.0 Å². The number of amides is 1. The number of nitrogens with zero attached hydrogens (tertiary/aromatic N) is 3. The fourth-order valence-electron chi connectivity index (χ4n) is 7.62. The molecule has 4 saturated carbocycles. The first-order valence-electron chi connectivity index (χ1n) is 16.3. The van der Waals surface area contributed by atoms with Crippen molar-refractivity contribution in [1.29, 1.82) is 0 Å². The molecule has 2 bridgehead atoms. The van der Waals surface area contributed by atoms with Gasteiger partial charge in [-0.3, -0.25) is 4.79 Å². The highest BCUT2D eigenvalue weighted by Crippen LogP contribution is 2.58. The lowest BCUT2D eigenvalue weighted by Gasteiger charge is -2.53. The number of anilines is 1. The van der Waals surface area contributed by atoms with Gasteiger partial charge in [-0.15, -0.1) is 0 Å². The van der Waals surface area contributed by atoms with E-state index < -0.39 is 54.5 Å². The van der Waals surface area contributed by atoms with Crippen LogP contribution in [0.25, 0.3) is 0 Å². The zero-order chi connectivity index (χ0) is 33.6.